The van der Waals surface area contributed by atoms with E-state index in [0.29, 0.717) is 39.3 Å². The zero-order chi connectivity index (χ0) is 44.7. The molecule has 7 heteroatoms. The highest BCUT2D eigenvalue weighted by Gasteiger charge is 2.42. The molecular formula is C56H66O7. The molecule has 0 radical (unpaired) electrons. The average molecular weight is 851 g/mol. The van der Waals surface area contributed by atoms with E-state index in [-0.39, 0.29) is 23.0 Å². The molecule has 6 aromatic rings. The Kier molecular flexibility index (Phi) is 16.6. The second kappa shape index (κ2) is 22.4. The SMILES string of the molecule is CCOc1ccc(Oc2cccc(CC(OC(Cc3cccc(Oc4ccc(OCC)cc4)c3)C(C)(CC)c3ccc(OCC)cc3)C(C)(CC)c3ccc(OCC)cc3)c2)cc1. The van der Waals surface area contributed by atoms with Gasteiger partial charge in [0.25, 0.3) is 0 Å². The number of hydrogen-bond acceptors (Lipinski definition) is 7. The van der Waals surface area contributed by atoms with Crippen molar-refractivity contribution < 1.29 is 33.2 Å². The molecule has 0 saturated heterocycles. The van der Waals surface area contributed by atoms with Crippen molar-refractivity contribution in [3.05, 3.63) is 168 Å². The van der Waals surface area contributed by atoms with Crippen LogP contribution in [0.5, 0.6) is 46.0 Å². The van der Waals surface area contributed by atoms with Crippen molar-refractivity contribution in [3.63, 3.8) is 0 Å². The summed E-state index contributed by atoms with van der Waals surface area (Å²) in [5.41, 5.74) is 3.87. The maximum atomic E-state index is 7.85. The first kappa shape index (κ1) is 46.6. The van der Waals surface area contributed by atoms with Gasteiger partial charge < -0.3 is 33.2 Å². The van der Waals surface area contributed by atoms with Gasteiger partial charge in [-0.15, -0.1) is 0 Å². The molecule has 0 spiro atoms. The van der Waals surface area contributed by atoms with E-state index in [2.05, 4.69) is 113 Å². The van der Waals surface area contributed by atoms with Gasteiger partial charge in [0.15, 0.2) is 0 Å². The van der Waals surface area contributed by atoms with E-state index in [4.69, 9.17) is 33.2 Å². The first-order chi connectivity index (χ1) is 30.6. The summed E-state index contributed by atoms with van der Waals surface area (Å²) in [5, 5.41) is 0. The Morgan fingerprint density at radius 1 is 0.365 bits per heavy atom. The minimum atomic E-state index is -0.388. The van der Waals surface area contributed by atoms with Gasteiger partial charge in [-0.25, -0.2) is 0 Å². The predicted octanol–water partition coefficient (Wildman–Crippen LogP) is 14.1. The molecule has 332 valence electrons. The van der Waals surface area contributed by atoms with Gasteiger partial charge in [-0.2, -0.15) is 0 Å². The van der Waals surface area contributed by atoms with Gasteiger partial charge >= 0.3 is 0 Å². The van der Waals surface area contributed by atoms with Crippen LogP contribution >= 0.6 is 0 Å². The van der Waals surface area contributed by atoms with E-state index in [1.165, 1.54) is 11.1 Å². The first-order valence-electron chi connectivity index (χ1n) is 22.7. The topological polar surface area (TPSA) is 64.6 Å². The van der Waals surface area contributed by atoms with Crippen molar-refractivity contribution in [1.82, 2.24) is 0 Å². The maximum absolute atomic E-state index is 7.85. The van der Waals surface area contributed by atoms with E-state index >= 15 is 0 Å². The summed E-state index contributed by atoms with van der Waals surface area (Å²) in [6, 6.07) is 49.5. The molecule has 4 atom stereocenters. The molecule has 0 fully saturated rings. The summed E-state index contributed by atoms with van der Waals surface area (Å²) in [7, 11) is 0. The van der Waals surface area contributed by atoms with Crippen molar-refractivity contribution >= 4 is 0 Å². The van der Waals surface area contributed by atoms with E-state index < -0.39 is 0 Å². The summed E-state index contributed by atoms with van der Waals surface area (Å²) in [4.78, 5) is 0. The molecule has 0 N–H and O–H groups in total. The second-order valence-electron chi connectivity index (χ2n) is 16.3. The Morgan fingerprint density at radius 3 is 0.968 bits per heavy atom. The van der Waals surface area contributed by atoms with Gasteiger partial charge in [0.1, 0.15) is 46.0 Å². The molecule has 0 aliphatic carbocycles. The Morgan fingerprint density at radius 2 is 0.667 bits per heavy atom. The van der Waals surface area contributed by atoms with Crippen LogP contribution in [0.4, 0.5) is 0 Å². The van der Waals surface area contributed by atoms with Crippen molar-refractivity contribution in [2.45, 2.75) is 104 Å². The summed E-state index contributed by atoms with van der Waals surface area (Å²) in [6.07, 6.45) is 2.50. The maximum Gasteiger partial charge on any atom is 0.127 e. The number of rotatable bonds is 24. The Hall–Kier alpha value is -5.92. The quantitative estimate of drug-likeness (QED) is 0.0601. The minimum Gasteiger partial charge on any atom is -0.494 e. The highest BCUT2D eigenvalue weighted by Crippen LogP contribution is 2.42. The van der Waals surface area contributed by atoms with Gasteiger partial charge in [0.2, 0.25) is 0 Å². The number of hydrogen-bond donors (Lipinski definition) is 0. The van der Waals surface area contributed by atoms with Gasteiger partial charge in [-0.05, 0) is 173 Å². The smallest absolute Gasteiger partial charge is 0.127 e. The first-order valence-corrected chi connectivity index (χ1v) is 22.7. The zero-order valence-corrected chi connectivity index (χ0v) is 38.5. The summed E-state index contributed by atoms with van der Waals surface area (Å²) < 4.78 is 43.8. The normalized spacial score (nSPS) is 14.1. The third-order valence-corrected chi connectivity index (χ3v) is 12.2. The predicted molar refractivity (Wildman–Crippen MR) is 255 cm³/mol. The van der Waals surface area contributed by atoms with Gasteiger partial charge in [0, 0.05) is 10.8 Å². The van der Waals surface area contributed by atoms with Crippen molar-refractivity contribution in [2.75, 3.05) is 26.4 Å². The van der Waals surface area contributed by atoms with Crippen LogP contribution in [0, 0.1) is 0 Å². The fraction of sp³-hybridized carbons (Fsp3) is 0.357. The van der Waals surface area contributed by atoms with Crippen LogP contribution in [0.1, 0.15) is 90.5 Å². The molecular weight excluding hydrogens is 785 g/mol. The lowest BCUT2D eigenvalue weighted by molar-refractivity contribution is -0.0840. The molecule has 7 nitrogen and oxygen atoms in total. The van der Waals surface area contributed by atoms with Crippen molar-refractivity contribution in [3.8, 4) is 46.0 Å². The molecule has 0 aliphatic rings. The summed E-state index contributed by atoms with van der Waals surface area (Å²) >= 11 is 0. The lowest BCUT2D eigenvalue weighted by Gasteiger charge is -2.45. The summed E-state index contributed by atoms with van der Waals surface area (Å²) in [6.45, 7) is 19.7. The standard InChI is InChI=1S/C56H66O7/c1-9-55(7,43-21-25-45(26-22-43)57-11-3)53(39-41-17-15-19-51(37-41)61-49-33-29-47(30-34-49)59-13-5)63-54(56(8,10-2)44-23-27-46(28-24-44)58-12-4)40-42-18-16-20-52(38-42)62-50-35-31-48(32-36-50)60-14-6/h15-38,53-54H,9-14,39-40H2,1-8H3. The molecule has 0 saturated carbocycles. The molecule has 0 aliphatic heterocycles. The number of benzene rings is 6. The van der Waals surface area contributed by atoms with Crippen LogP contribution in [0.25, 0.3) is 0 Å². The van der Waals surface area contributed by atoms with Gasteiger partial charge in [0.05, 0.1) is 38.6 Å². The molecule has 0 bridgehead atoms. The average Bonchev–Trinajstić information content (AvgIpc) is 3.30. The molecule has 0 aromatic heterocycles. The molecule has 63 heavy (non-hydrogen) atoms. The fourth-order valence-electron chi connectivity index (χ4n) is 8.19. The van der Waals surface area contributed by atoms with Crippen LogP contribution in [0.2, 0.25) is 0 Å². The largest absolute Gasteiger partial charge is 0.494 e. The third-order valence-electron chi connectivity index (χ3n) is 12.2. The van der Waals surface area contributed by atoms with Crippen molar-refractivity contribution in [1.29, 1.82) is 0 Å². The Labute approximate surface area is 376 Å². The minimum absolute atomic E-state index is 0.247. The summed E-state index contributed by atoms with van der Waals surface area (Å²) in [5.74, 6) is 6.38. The van der Waals surface area contributed by atoms with E-state index in [0.717, 1.165) is 70.0 Å². The molecule has 0 amide bonds. The monoisotopic (exact) mass is 850 g/mol. The van der Waals surface area contributed by atoms with Crippen molar-refractivity contribution in [2.24, 2.45) is 0 Å². The van der Waals surface area contributed by atoms with Crippen LogP contribution in [0.3, 0.4) is 0 Å². The van der Waals surface area contributed by atoms with Crippen LogP contribution in [-0.2, 0) is 28.4 Å². The Balaban J connectivity index is 1.40. The molecule has 0 heterocycles. The highest BCUT2D eigenvalue weighted by molar-refractivity contribution is 5.41. The molecule has 6 rings (SSSR count). The van der Waals surface area contributed by atoms with Gasteiger partial charge in [-0.3, -0.25) is 0 Å². The third kappa shape index (κ3) is 12.2. The van der Waals surface area contributed by atoms with Crippen LogP contribution < -0.4 is 28.4 Å². The lowest BCUT2D eigenvalue weighted by atomic mass is 9.71. The van der Waals surface area contributed by atoms with Crippen LogP contribution in [-0.4, -0.2) is 38.6 Å². The van der Waals surface area contributed by atoms with E-state index in [1.54, 1.807) is 0 Å². The number of ether oxygens (including phenoxy) is 7. The Bertz CT molecular complexity index is 2110. The molecule has 6 aromatic carbocycles. The second-order valence-corrected chi connectivity index (χ2v) is 16.3. The highest BCUT2D eigenvalue weighted by atomic mass is 16.5. The fourth-order valence-corrected chi connectivity index (χ4v) is 8.19. The van der Waals surface area contributed by atoms with E-state index in [9.17, 15) is 0 Å². The lowest BCUT2D eigenvalue weighted by Crippen LogP contribution is -2.48. The van der Waals surface area contributed by atoms with Gasteiger partial charge in [-0.1, -0.05) is 76.2 Å². The van der Waals surface area contributed by atoms with Crippen LogP contribution in [0.15, 0.2) is 146 Å². The zero-order valence-electron chi connectivity index (χ0n) is 38.5. The van der Waals surface area contributed by atoms with E-state index in [1.807, 2.05) is 88.4 Å². The molecule has 4 unspecified atom stereocenters.